The molecule has 0 spiro atoms. The van der Waals surface area contributed by atoms with E-state index in [-0.39, 0.29) is 5.82 Å². The molecule has 1 N–H and O–H groups in total. The fraction of sp³-hybridized carbons (Fsp3) is 0.600. The van der Waals surface area contributed by atoms with Crippen LogP contribution in [0.5, 0.6) is 0 Å². The van der Waals surface area contributed by atoms with Crippen LogP contribution in [0.4, 0.5) is 10.1 Å². The van der Waals surface area contributed by atoms with E-state index in [4.69, 9.17) is 0 Å². The SMILES string of the molecule is CCNC(CC)CCCN(C)c1ccccc1F. The molecule has 3 heteroatoms. The van der Waals surface area contributed by atoms with Crippen molar-refractivity contribution >= 4 is 5.69 Å². The highest BCUT2D eigenvalue weighted by atomic mass is 19.1. The highest BCUT2D eigenvalue weighted by molar-refractivity contribution is 5.46. The van der Waals surface area contributed by atoms with Gasteiger partial charge in [0, 0.05) is 19.6 Å². The van der Waals surface area contributed by atoms with Crippen molar-refractivity contribution < 1.29 is 4.39 Å². The molecule has 0 aliphatic rings. The molecule has 1 unspecified atom stereocenters. The Morgan fingerprint density at radius 2 is 2.00 bits per heavy atom. The number of rotatable bonds is 8. The van der Waals surface area contributed by atoms with Gasteiger partial charge in [-0.2, -0.15) is 0 Å². The van der Waals surface area contributed by atoms with E-state index in [1.54, 1.807) is 6.07 Å². The predicted octanol–water partition coefficient (Wildman–Crippen LogP) is 3.43. The second-order valence-corrected chi connectivity index (χ2v) is 4.68. The summed E-state index contributed by atoms with van der Waals surface area (Å²) in [6.45, 7) is 6.24. The molecular formula is C15H25FN2. The van der Waals surface area contributed by atoms with Crippen molar-refractivity contribution in [1.82, 2.24) is 5.32 Å². The molecule has 1 aromatic carbocycles. The summed E-state index contributed by atoms with van der Waals surface area (Å²) in [5, 5.41) is 3.46. The standard InChI is InChI=1S/C15H25FN2/c1-4-13(17-5-2)9-8-12-18(3)15-11-7-6-10-14(15)16/h6-7,10-11,13,17H,4-5,8-9,12H2,1-3H3. The highest BCUT2D eigenvalue weighted by Crippen LogP contribution is 2.17. The Morgan fingerprint density at radius 3 is 2.61 bits per heavy atom. The van der Waals surface area contributed by atoms with Gasteiger partial charge in [-0.05, 0) is 37.9 Å². The highest BCUT2D eigenvalue weighted by Gasteiger charge is 2.08. The van der Waals surface area contributed by atoms with Crippen LogP contribution in [0.3, 0.4) is 0 Å². The van der Waals surface area contributed by atoms with Gasteiger partial charge in [0.05, 0.1) is 5.69 Å². The maximum atomic E-state index is 13.6. The van der Waals surface area contributed by atoms with E-state index in [0.29, 0.717) is 11.7 Å². The van der Waals surface area contributed by atoms with E-state index in [0.717, 1.165) is 32.4 Å². The molecule has 0 radical (unpaired) electrons. The lowest BCUT2D eigenvalue weighted by Crippen LogP contribution is -2.29. The number of hydrogen-bond donors (Lipinski definition) is 1. The van der Waals surface area contributed by atoms with Crippen LogP contribution in [-0.2, 0) is 0 Å². The zero-order valence-electron chi connectivity index (χ0n) is 11.7. The van der Waals surface area contributed by atoms with Crippen molar-refractivity contribution in [3.63, 3.8) is 0 Å². The van der Waals surface area contributed by atoms with Gasteiger partial charge in [0.2, 0.25) is 0 Å². The Kier molecular flexibility index (Phi) is 6.73. The molecule has 0 fully saturated rings. The lowest BCUT2D eigenvalue weighted by Gasteiger charge is -2.22. The lowest BCUT2D eigenvalue weighted by atomic mass is 10.1. The molecule has 1 rings (SSSR count). The molecule has 0 aromatic heterocycles. The Balaban J connectivity index is 2.37. The van der Waals surface area contributed by atoms with Crippen molar-refractivity contribution in [1.29, 1.82) is 0 Å². The van der Waals surface area contributed by atoms with E-state index in [2.05, 4.69) is 19.2 Å². The van der Waals surface area contributed by atoms with Crippen LogP contribution in [0.1, 0.15) is 33.1 Å². The summed E-state index contributed by atoms with van der Waals surface area (Å²) >= 11 is 0. The van der Waals surface area contributed by atoms with E-state index >= 15 is 0 Å². The molecule has 1 aromatic rings. The van der Waals surface area contributed by atoms with Gasteiger partial charge < -0.3 is 10.2 Å². The van der Waals surface area contributed by atoms with Crippen LogP contribution in [0.2, 0.25) is 0 Å². The van der Waals surface area contributed by atoms with Gasteiger partial charge in [0.25, 0.3) is 0 Å². The Morgan fingerprint density at radius 1 is 1.28 bits per heavy atom. The van der Waals surface area contributed by atoms with E-state index in [9.17, 15) is 4.39 Å². The van der Waals surface area contributed by atoms with Gasteiger partial charge in [0.15, 0.2) is 0 Å². The average molecular weight is 252 g/mol. The van der Waals surface area contributed by atoms with Crippen molar-refractivity contribution in [2.45, 2.75) is 39.2 Å². The van der Waals surface area contributed by atoms with Gasteiger partial charge in [-0.1, -0.05) is 26.0 Å². The lowest BCUT2D eigenvalue weighted by molar-refractivity contribution is 0.467. The van der Waals surface area contributed by atoms with Gasteiger partial charge in [0.1, 0.15) is 5.82 Å². The minimum absolute atomic E-state index is 0.140. The number of benzene rings is 1. The first-order chi connectivity index (χ1) is 8.69. The zero-order chi connectivity index (χ0) is 13.4. The molecule has 1 atom stereocenters. The van der Waals surface area contributed by atoms with E-state index < -0.39 is 0 Å². The van der Waals surface area contributed by atoms with Crippen LogP contribution in [0.25, 0.3) is 0 Å². The molecule has 0 bridgehead atoms. The third-order valence-corrected chi connectivity index (χ3v) is 3.30. The molecule has 0 aliphatic heterocycles. The molecule has 2 nitrogen and oxygen atoms in total. The average Bonchev–Trinajstić information content (AvgIpc) is 2.38. The van der Waals surface area contributed by atoms with Crippen molar-refractivity contribution in [3.8, 4) is 0 Å². The molecule has 0 saturated carbocycles. The van der Waals surface area contributed by atoms with Crippen molar-refractivity contribution in [2.24, 2.45) is 0 Å². The summed E-state index contributed by atoms with van der Waals surface area (Å²) in [7, 11) is 1.95. The summed E-state index contributed by atoms with van der Waals surface area (Å²) < 4.78 is 13.6. The van der Waals surface area contributed by atoms with E-state index in [1.807, 2.05) is 24.1 Å². The summed E-state index contributed by atoms with van der Waals surface area (Å²) in [5.74, 6) is -0.140. The topological polar surface area (TPSA) is 15.3 Å². The van der Waals surface area contributed by atoms with Crippen LogP contribution in [0, 0.1) is 5.82 Å². The summed E-state index contributed by atoms with van der Waals surface area (Å²) in [4.78, 5) is 1.99. The fourth-order valence-corrected chi connectivity index (χ4v) is 2.20. The van der Waals surface area contributed by atoms with E-state index in [1.165, 1.54) is 6.07 Å². The monoisotopic (exact) mass is 252 g/mol. The number of para-hydroxylation sites is 1. The molecule has 0 aliphatic carbocycles. The minimum atomic E-state index is -0.140. The van der Waals surface area contributed by atoms with Crippen LogP contribution < -0.4 is 10.2 Å². The number of nitrogens with one attached hydrogen (secondary N) is 1. The third kappa shape index (κ3) is 4.65. The third-order valence-electron chi connectivity index (χ3n) is 3.30. The maximum Gasteiger partial charge on any atom is 0.146 e. The smallest absolute Gasteiger partial charge is 0.146 e. The quantitative estimate of drug-likeness (QED) is 0.762. The van der Waals surface area contributed by atoms with Crippen LogP contribution >= 0.6 is 0 Å². The van der Waals surface area contributed by atoms with Gasteiger partial charge in [-0.15, -0.1) is 0 Å². The second kappa shape index (κ2) is 8.09. The molecule has 0 heterocycles. The normalized spacial score (nSPS) is 12.4. The van der Waals surface area contributed by atoms with Crippen molar-refractivity contribution in [3.05, 3.63) is 30.1 Å². The van der Waals surface area contributed by atoms with Gasteiger partial charge in [-0.3, -0.25) is 0 Å². The summed E-state index contributed by atoms with van der Waals surface area (Å²) in [5.41, 5.74) is 0.689. The Hall–Kier alpha value is -1.09. The maximum absolute atomic E-state index is 13.6. The Bertz CT molecular complexity index is 341. The van der Waals surface area contributed by atoms with Crippen molar-refractivity contribution in [2.75, 3.05) is 25.0 Å². The second-order valence-electron chi connectivity index (χ2n) is 4.68. The Labute approximate surface area is 110 Å². The minimum Gasteiger partial charge on any atom is -0.372 e. The molecular weight excluding hydrogens is 227 g/mol. The summed E-state index contributed by atoms with van der Waals surface area (Å²) in [6.07, 6.45) is 3.37. The largest absolute Gasteiger partial charge is 0.372 e. The molecule has 0 amide bonds. The predicted molar refractivity (Wildman–Crippen MR) is 76.7 cm³/mol. The number of halogens is 1. The first-order valence-corrected chi connectivity index (χ1v) is 6.88. The molecule has 102 valence electrons. The fourth-order valence-electron chi connectivity index (χ4n) is 2.20. The first-order valence-electron chi connectivity index (χ1n) is 6.88. The molecule has 0 saturated heterocycles. The van der Waals surface area contributed by atoms with Gasteiger partial charge >= 0.3 is 0 Å². The molecule has 18 heavy (non-hydrogen) atoms. The first kappa shape index (κ1) is 15.0. The zero-order valence-corrected chi connectivity index (χ0v) is 11.7. The number of anilines is 1. The number of hydrogen-bond acceptors (Lipinski definition) is 2. The van der Waals surface area contributed by atoms with Gasteiger partial charge in [-0.25, -0.2) is 4.39 Å². The van der Waals surface area contributed by atoms with Crippen LogP contribution in [-0.4, -0.2) is 26.2 Å². The van der Waals surface area contributed by atoms with Crippen LogP contribution in [0.15, 0.2) is 24.3 Å². The summed E-state index contributed by atoms with van der Waals surface area (Å²) in [6, 6.07) is 7.54. The number of nitrogens with zero attached hydrogens (tertiary/aromatic N) is 1.